The van der Waals surface area contributed by atoms with Crippen LogP contribution in [0.3, 0.4) is 0 Å². The first-order valence-electron chi connectivity index (χ1n) is 12.1. The highest BCUT2D eigenvalue weighted by Crippen LogP contribution is 2.38. The highest BCUT2D eigenvalue weighted by Gasteiger charge is 2.27. The smallest absolute Gasteiger partial charge is 0.202 e. The van der Waals surface area contributed by atoms with E-state index < -0.39 is 0 Å². The molecule has 2 heterocycles. The quantitative estimate of drug-likeness (QED) is 0.260. The average molecular weight is 529 g/mol. The standard InChI is InChI=1S/C27H28Cl3N5/c1-16(2)34-27(19-7-5-4-6-8-19)31-26(33-34)24-17(3)25(18-9-11-20(28)12-10-18)35(32-24)23-14-13-21(29)15-22(23)30/h9-16,19H,4-8H2,1-3H3. The summed E-state index contributed by atoms with van der Waals surface area (Å²) in [6.07, 6.45) is 6.11. The van der Waals surface area contributed by atoms with Crippen molar-refractivity contribution in [3.63, 3.8) is 0 Å². The second-order valence-corrected chi connectivity index (χ2v) is 10.8. The van der Waals surface area contributed by atoms with Gasteiger partial charge in [-0.25, -0.2) is 14.3 Å². The Labute approximate surface area is 221 Å². The van der Waals surface area contributed by atoms with Crippen LogP contribution in [0.25, 0.3) is 28.5 Å². The maximum absolute atomic E-state index is 6.63. The summed E-state index contributed by atoms with van der Waals surface area (Å²) >= 11 is 19.0. The van der Waals surface area contributed by atoms with Crippen molar-refractivity contribution in [2.45, 2.75) is 64.8 Å². The Balaban J connectivity index is 1.70. The van der Waals surface area contributed by atoms with Gasteiger partial charge in [0, 0.05) is 33.1 Å². The number of hydrogen-bond acceptors (Lipinski definition) is 3. The molecule has 0 unspecified atom stereocenters. The van der Waals surface area contributed by atoms with Crippen LogP contribution in [0.5, 0.6) is 0 Å². The lowest BCUT2D eigenvalue weighted by molar-refractivity contribution is 0.394. The Morgan fingerprint density at radius 3 is 2.23 bits per heavy atom. The molecule has 0 saturated heterocycles. The molecule has 1 fully saturated rings. The van der Waals surface area contributed by atoms with Crippen molar-refractivity contribution >= 4 is 34.8 Å². The molecule has 0 amide bonds. The molecule has 8 heteroatoms. The van der Waals surface area contributed by atoms with Gasteiger partial charge in [0.2, 0.25) is 5.82 Å². The van der Waals surface area contributed by atoms with Crippen LogP contribution in [0.1, 0.15) is 69.3 Å². The molecule has 2 aromatic carbocycles. The lowest BCUT2D eigenvalue weighted by Crippen LogP contribution is -2.14. The number of rotatable bonds is 5. The maximum Gasteiger partial charge on any atom is 0.202 e. The van der Waals surface area contributed by atoms with E-state index in [2.05, 4.69) is 25.5 Å². The van der Waals surface area contributed by atoms with Gasteiger partial charge in [-0.15, -0.1) is 5.10 Å². The van der Waals surface area contributed by atoms with Crippen molar-refractivity contribution in [3.05, 3.63) is 68.9 Å². The molecule has 0 N–H and O–H groups in total. The molecule has 0 bridgehead atoms. The lowest BCUT2D eigenvalue weighted by Gasteiger charge is -2.22. The minimum atomic E-state index is 0.219. The van der Waals surface area contributed by atoms with E-state index in [9.17, 15) is 0 Å². The number of benzene rings is 2. The van der Waals surface area contributed by atoms with E-state index in [-0.39, 0.29) is 6.04 Å². The fraction of sp³-hybridized carbons (Fsp3) is 0.370. The van der Waals surface area contributed by atoms with E-state index in [4.69, 9.17) is 50.0 Å². The second kappa shape index (κ2) is 9.96. The van der Waals surface area contributed by atoms with Crippen LogP contribution in [0.2, 0.25) is 15.1 Å². The predicted molar refractivity (Wildman–Crippen MR) is 144 cm³/mol. The van der Waals surface area contributed by atoms with Crippen LogP contribution in [0.4, 0.5) is 0 Å². The van der Waals surface area contributed by atoms with Crippen LogP contribution in [0.15, 0.2) is 42.5 Å². The summed E-state index contributed by atoms with van der Waals surface area (Å²) in [7, 11) is 0. The Morgan fingerprint density at radius 2 is 1.57 bits per heavy atom. The van der Waals surface area contributed by atoms with E-state index in [1.54, 1.807) is 6.07 Å². The van der Waals surface area contributed by atoms with Gasteiger partial charge in [0.15, 0.2) is 0 Å². The predicted octanol–water partition coefficient (Wildman–Crippen LogP) is 8.70. The molecule has 0 spiro atoms. The first kappa shape index (κ1) is 24.4. The van der Waals surface area contributed by atoms with Crippen molar-refractivity contribution in [3.8, 4) is 28.5 Å². The summed E-state index contributed by atoms with van der Waals surface area (Å²) in [5, 5.41) is 11.7. The molecule has 0 radical (unpaired) electrons. The van der Waals surface area contributed by atoms with Crippen LogP contribution < -0.4 is 0 Å². The Kier molecular flexibility index (Phi) is 6.93. The third kappa shape index (κ3) is 4.74. The van der Waals surface area contributed by atoms with Crippen LogP contribution >= 0.6 is 34.8 Å². The van der Waals surface area contributed by atoms with Gasteiger partial charge >= 0.3 is 0 Å². The summed E-state index contributed by atoms with van der Waals surface area (Å²) in [5.74, 6) is 2.16. The first-order chi connectivity index (χ1) is 16.8. The SMILES string of the molecule is Cc1c(-c2nc(C3CCCCC3)n(C(C)C)n2)nn(-c2ccc(Cl)cc2Cl)c1-c1ccc(Cl)cc1. The number of hydrogen-bond donors (Lipinski definition) is 0. The summed E-state index contributed by atoms with van der Waals surface area (Å²) < 4.78 is 3.95. The number of aromatic nitrogens is 5. The van der Waals surface area contributed by atoms with E-state index in [0.29, 0.717) is 26.8 Å². The zero-order valence-electron chi connectivity index (χ0n) is 20.1. The maximum atomic E-state index is 6.63. The van der Waals surface area contributed by atoms with Gasteiger partial charge in [-0.2, -0.15) is 5.10 Å². The summed E-state index contributed by atoms with van der Waals surface area (Å²) in [4.78, 5) is 5.08. The van der Waals surface area contributed by atoms with Gasteiger partial charge in [-0.05, 0) is 63.9 Å². The molecular weight excluding hydrogens is 501 g/mol. The molecule has 4 aromatic rings. The molecule has 5 rings (SSSR count). The van der Waals surface area contributed by atoms with Crippen LogP contribution in [-0.4, -0.2) is 24.5 Å². The topological polar surface area (TPSA) is 48.5 Å². The molecule has 2 aromatic heterocycles. The Hall–Kier alpha value is -2.34. The van der Waals surface area contributed by atoms with Crippen LogP contribution in [0, 0.1) is 6.92 Å². The molecule has 182 valence electrons. The lowest BCUT2D eigenvalue weighted by atomic mass is 9.88. The largest absolute Gasteiger partial charge is 0.247 e. The molecule has 0 aliphatic heterocycles. The van der Waals surface area contributed by atoms with Crippen molar-refractivity contribution in [2.75, 3.05) is 0 Å². The van der Waals surface area contributed by atoms with Crippen LogP contribution in [-0.2, 0) is 0 Å². The summed E-state index contributed by atoms with van der Waals surface area (Å²) in [6.45, 7) is 6.37. The third-order valence-corrected chi connectivity index (χ3v) is 7.50. The van der Waals surface area contributed by atoms with E-state index >= 15 is 0 Å². The van der Waals surface area contributed by atoms with Crippen molar-refractivity contribution in [2.24, 2.45) is 0 Å². The third-order valence-electron chi connectivity index (χ3n) is 6.71. The second-order valence-electron chi connectivity index (χ2n) is 9.50. The monoisotopic (exact) mass is 527 g/mol. The van der Waals surface area contributed by atoms with Gasteiger partial charge in [0.1, 0.15) is 11.5 Å². The van der Waals surface area contributed by atoms with Gasteiger partial charge in [0.05, 0.1) is 16.4 Å². The molecule has 5 nitrogen and oxygen atoms in total. The molecule has 0 atom stereocenters. The number of halogens is 3. The van der Waals surface area contributed by atoms with Gasteiger partial charge in [-0.1, -0.05) is 66.2 Å². The van der Waals surface area contributed by atoms with Gasteiger partial charge in [-0.3, -0.25) is 0 Å². The zero-order valence-corrected chi connectivity index (χ0v) is 22.4. The molecular formula is C27H28Cl3N5. The Bertz CT molecular complexity index is 1350. The average Bonchev–Trinajstić information content (AvgIpc) is 3.42. The molecule has 1 aliphatic carbocycles. The van der Waals surface area contributed by atoms with E-state index in [1.165, 1.54) is 19.3 Å². The fourth-order valence-corrected chi connectivity index (χ4v) is 5.55. The molecule has 1 aliphatic rings. The normalized spacial score (nSPS) is 14.7. The zero-order chi connectivity index (χ0) is 24.7. The van der Waals surface area contributed by atoms with E-state index in [0.717, 1.165) is 46.9 Å². The summed E-state index contributed by atoms with van der Waals surface area (Å²) in [6, 6.07) is 13.4. The Morgan fingerprint density at radius 1 is 0.886 bits per heavy atom. The first-order valence-corrected chi connectivity index (χ1v) is 13.2. The summed E-state index contributed by atoms with van der Waals surface area (Å²) in [5.41, 5.74) is 4.37. The highest BCUT2D eigenvalue weighted by molar-refractivity contribution is 6.35. The van der Waals surface area contributed by atoms with Crippen molar-refractivity contribution in [1.29, 1.82) is 0 Å². The minimum Gasteiger partial charge on any atom is -0.247 e. The van der Waals surface area contributed by atoms with Gasteiger partial charge < -0.3 is 0 Å². The van der Waals surface area contributed by atoms with Crippen molar-refractivity contribution in [1.82, 2.24) is 24.5 Å². The van der Waals surface area contributed by atoms with Gasteiger partial charge in [0.25, 0.3) is 0 Å². The van der Waals surface area contributed by atoms with E-state index in [1.807, 2.05) is 41.1 Å². The molecule has 35 heavy (non-hydrogen) atoms. The van der Waals surface area contributed by atoms with Crippen molar-refractivity contribution < 1.29 is 0 Å². The highest BCUT2D eigenvalue weighted by atomic mass is 35.5. The molecule has 1 saturated carbocycles. The number of nitrogens with zero attached hydrogens (tertiary/aromatic N) is 5. The minimum absolute atomic E-state index is 0.219. The fourth-order valence-electron chi connectivity index (χ4n) is 4.94.